The molecular weight excluding hydrogens is 200 g/mol. The second-order valence-electron chi connectivity index (χ2n) is 4.93. The third-order valence-corrected chi connectivity index (χ3v) is 3.57. The Kier molecular flexibility index (Phi) is 5.81. The molecular formula is C13H26N2O. The van der Waals surface area contributed by atoms with Gasteiger partial charge in [0.2, 0.25) is 5.91 Å². The van der Waals surface area contributed by atoms with Crippen molar-refractivity contribution in [2.24, 2.45) is 11.8 Å². The van der Waals surface area contributed by atoms with Crippen molar-refractivity contribution >= 4 is 5.91 Å². The zero-order valence-electron chi connectivity index (χ0n) is 11.0. The van der Waals surface area contributed by atoms with Gasteiger partial charge in [-0.25, -0.2) is 0 Å². The molecule has 0 aromatic carbocycles. The fourth-order valence-corrected chi connectivity index (χ4v) is 2.20. The van der Waals surface area contributed by atoms with Crippen LogP contribution in [0.15, 0.2) is 0 Å². The quantitative estimate of drug-likeness (QED) is 0.776. The van der Waals surface area contributed by atoms with Gasteiger partial charge in [-0.1, -0.05) is 20.3 Å². The van der Waals surface area contributed by atoms with Crippen LogP contribution in [0.3, 0.4) is 0 Å². The highest BCUT2D eigenvalue weighted by atomic mass is 16.2. The molecule has 1 N–H and O–H groups in total. The summed E-state index contributed by atoms with van der Waals surface area (Å²) < 4.78 is 0. The van der Waals surface area contributed by atoms with Crippen LogP contribution in [0, 0.1) is 11.8 Å². The first kappa shape index (κ1) is 13.5. The third kappa shape index (κ3) is 3.78. The maximum atomic E-state index is 12.3. The summed E-state index contributed by atoms with van der Waals surface area (Å²) in [4.78, 5) is 14.3. The third-order valence-electron chi connectivity index (χ3n) is 3.57. The van der Waals surface area contributed by atoms with Crippen molar-refractivity contribution < 1.29 is 4.79 Å². The van der Waals surface area contributed by atoms with Gasteiger partial charge in [0.05, 0.1) is 5.92 Å². The molecule has 0 saturated carbocycles. The SMILES string of the molecule is CCC(C)CN(CC)C(=O)C1CCCNC1. The van der Waals surface area contributed by atoms with Gasteiger partial charge in [0.15, 0.2) is 0 Å². The number of rotatable bonds is 5. The van der Waals surface area contributed by atoms with E-state index in [9.17, 15) is 4.79 Å². The van der Waals surface area contributed by atoms with Crippen LogP contribution in [0.1, 0.15) is 40.0 Å². The molecule has 1 rings (SSSR count). The summed E-state index contributed by atoms with van der Waals surface area (Å²) in [5, 5.41) is 3.31. The predicted octanol–water partition coefficient (Wildman–Crippen LogP) is 1.88. The number of hydrogen-bond donors (Lipinski definition) is 1. The number of nitrogens with zero attached hydrogens (tertiary/aromatic N) is 1. The summed E-state index contributed by atoms with van der Waals surface area (Å²) >= 11 is 0. The minimum atomic E-state index is 0.220. The fourth-order valence-electron chi connectivity index (χ4n) is 2.20. The second-order valence-corrected chi connectivity index (χ2v) is 4.93. The molecule has 0 aromatic rings. The first-order chi connectivity index (χ1) is 7.69. The molecule has 1 aliphatic rings. The van der Waals surface area contributed by atoms with Crippen molar-refractivity contribution in [1.29, 1.82) is 0 Å². The monoisotopic (exact) mass is 226 g/mol. The Morgan fingerprint density at radius 3 is 2.75 bits per heavy atom. The van der Waals surface area contributed by atoms with E-state index in [4.69, 9.17) is 0 Å². The molecule has 94 valence electrons. The van der Waals surface area contributed by atoms with Crippen LogP contribution < -0.4 is 5.32 Å². The molecule has 0 radical (unpaired) electrons. The lowest BCUT2D eigenvalue weighted by atomic mass is 9.97. The van der Waals surface area contributed by atoms with Crippen LogP contribution in [-0.4, -0.2) is 37.0 Å². The summed E-state index contributed by atoms with van der Waals surface area (Å²) in [6.45, 7) is 10.2. The van der Waals surface area contributed by atoms with Crippen molar-refractivity contribution in [3.05, 3.63) is 0 Å². The van der Waals surface area contributed by atoms with Crippen LogP contribution in [0.2, 0.25) is 0 Å². The number of carbonyl (C=O) groups is 1. The molecule has 3 heteroatoms. The van der Waals surface area contributed by atoms with E-state index in [0.717, 1.165) is 45.4 Å². The standard InChI is InChI=1S/C13H26N2O/c1-4-11(3)10-15(5-2)13(16)12-7-6-8-14-9-12/h11-12,14H,4-10H2,1-3H3. The average Bonchev–Trinajstić information content (AvgIpc) is 2.35. The molecule has 0 spiro atoms. The molecule has 2 unspecified atom stereocenters. The minimum Gasteiger partial charge on any atom is -0.342 e. The number of carbonyl (C=O) groups excluding carboxylic acids is 1. The Hall–Kier alpha value is -0.570. The zero-order chi connectivity index (χ0) is 12.0. The maximum Gasteiger partial charge on any atom is 0.226 e. The summed E-state index contributed by atoms with van der Waals surface area (Å²) in [5.41, 5.74) is 0. The van der Waals surface area contributed by atoms with Gasteiger partial charge in [-0.3, -0.25) is 4.79 Å². The maximum absolute atomic E-state index is 12.3. The van der Waals surface area contributed by atoms with Gasteiger partial charge in [0, 0.05) is 19.6 Å². The van der Waals surface area contributed by atoms with Gasteiger partial charge in [-0.15, -0.1) is 0 Å². The Morgan fingerprint density at radius 1 is 1.50 bits per heavy atom. The zero-order valence-corrected chi connectivity index (χ0v) is 11.0. The van der Waals surface area contributed by atoms with Gasteiger partial charge < -0.3 is 10.2 Å². The molecule has 0 aromatic heterocycles. The van der Waals surface area contributed by atoms with Crippen molar-refractivity contribution in [3.8, 4) is 0 Å². The summed E-state index contributed by atoms with van der Waals surface area (Å²) in [5.74, 6) is 1.19. The van der Waals surface area contributed by atoms with E-state index in [1.54, 1.807) is 0 Å². The van der Waals surface area contributed by atoms with E-state index in [0.29, 0.717) is 11.8 Å². The van der Waals surface area contributed by atoms with Gasteiger partial charge >= 0.3 is 0 Å². The van der Waals surface area contributed by atoms with E-state index in [1.807, 2.05) is 4.90 Å². The number of hydrogen-bond acceptors (Lipinski definition) is 2. The first-order valence-corrected chi connectivity index (χ1v) is 6.68. The van der Waals surface area contributed by atoms with Gasteiger partial charge in [-0.2, -0.15) is 0 Å². The molecule has 1 aliphatic heterocycles. The average molecular weight is 226 g/mol. The highest BCUT2D eigenvalue weighted by Gasteiger charge is 2.25. The number of piperidine rings is 1. The molecule has 1 fully saturated rings. The number of nitrogens with one attached hydrogen (secondary N) is 1. The van der Waals surface area contributed by atoms with Crippen molar-refractivity contribution in [3.63, 3.8) is 0 Å². The largest absolute Gasteiger partial charge is 0.342 e. The second kappa shape index (κ2) is 6.89. The van der Waals surface area contributed by atoms with Gasteiger partial charge in [0.1, 0.15) is 0 Å². The van der Waals surface area contributed by atoms with Crippen LogP contribution in [0.5, 0.6) is 0 Å². The molecule has 2 atom stereocenters. The van der Waals surface area contributed by atoms with Crippen molar-refractivity contribution in [2.75, 3.05) is 26.2 Å². The molecule has 0 bridgehead atoms. The van der Waals surface area contributed by atoms with Crippen LogP contribution >= 0.6 is 0 Å². The van der Waals surface area contributed by atoms with E-state index < -0.39 is 0 Å². The Morgan fingerprint density at radius 2 is 2.25 bits per heavy atom. The Bertz CT molecular complexity index is 212. The highest BCUT2D eigenvalue weighted by Crippen LogP contribution is 2.15. The lowest BCUT2D eigenvalue weighted by molar-refractivity contribution is -0.136. The normalized spacial score (nSPS) is 22.8. The molecule has 1 heterocycles. The highest BCUT2D eigenvalue weighted by molar-refractivity contribution is 5.79. The van der Waals surface area contributed by atoms with Gasteiger partial charge in [0.25, 0.3) is 0 Å². The lowest BCUT2D eigenvalue weighted by Gasteiger charge is -2.30. The molecule has 3 nitrogen and oxygen atoms in total. The van der Waals surface area contributed by atoms with E-state index in [-0.39, 0.29) is 5.92 Å². The van der Waals surface area contributed by atoms with Crippen LogP contribution in [0.4, 0.5) is 0 Å². The number of amides is 1. The smallest absolute Gasteiger partial charge is 0.226 e. The van der Waals surface area contributed by atoms with Crippen LogP contribution in [0.25, 0.3) is 0 Å². The summed E-state index contributed by atoms with van der Waals surface area (Å²) in [6.07, 6.45) is 3.34. The van der Waals surface area contributed by atoms with E-state index in [2.05, 4.69) is 26.1 Å². The minimum absolute atomic E-state index is 0.220. The van der Waals surface area contributed by atoms with Crippen LogP contribution in [-0.2, 0) is 4.79 Å². The molecule has 1 amide bonds. The summed E-state index contributed by atoms with van der Waals surface area (Å²) in [6, 6.07) is 0. The lowest BCUT2D eigenvalue weighted by Crippen LogP contribution is -2.44. The molecule has 16 heavy (non-hydrogen) atoms. The van der Waals surface area contributed by atoms with E-state index >= 15 is 0 Å². The van der Waals surface area contributed by atoms with E-state index in [1.165, 1.54) is 0 Å². The fraction of sp³-hybridized carbons (Fsp3) is 0.923. The first-order valence-electron chi connectivity index (χ1n) is 6.68. The molecule has 0 aliphatic carbocycles. The predicted molar refractivity (Wildman–Crippen MR) is 67.3 cm³/mol. The summed E-state index contributed by atoms with van der Waals surface area (Å²) in [7, 11) is 0. The van der Waals surface area contributed by atoms with Crippen molar-refractivity contribution in [1.82, 2.24) is 10.2 Å². The van der Waals surface area contributed by atoms with Gasteiger partial charge in [-0.05, 0) is 32.2 Å². The molecule has 1 saturated heterocycles. The Labute approximate surface area is 99.6 Å². The Balaban J connectivity index is 2.47. The van der Waals surface area contributed by atoms with Crippen molar-refractivity contribution in [2.45, 2.75) is 40.0 Å². The topological polar surface area (TPSA) is 32.3 Å².